The molecule has 0 saturated heterocycles. The maximum Gasteiger partial charge on any atom is 0.229 e. The quantitative estimate of drug-likeness (QED) is 0.540. The first kappa shape index (κ1) is 18.6. The van der Waals surface area contributed by atoms with Gasteiger partial charge in [0.2, 0.25) is 5.95 Å². The summed E-state index contributed by atoms with van der Waals surface area (Å²) in [4.78, 5) is 9.31. The van der Waals surface area contributed by atoms with Crippen molar-refractivity contribution in [2.45, 2.75) is 58.0 Å². The molecule has 6 heteroatoms. The largest absolute Gasteiger partial charge is 0.324 e. The zero-order valence-corrected chi connectivity index (χ0v) is 17.1. The number of nitrogens with zero attached hydrogens (tertiary/aromatic N) is 4. The van der Waals surface area contributed by atoms with Gasteiger partial charge in [-0.1, -0.05) is 31.9 Å². The van der Waals surface area contributed by atoms with Gasteiger partial charge in [-0.25, -0.2) is 9.67 Å². The number of hydrogen-bond acceptors (Lipinski definition) is 5. The van der Waals surface area contributed by atoms with Crippen molar-refractivity contribution in [1.29, 1.82) is 0 Å². The van der Waals surface area contributed by atoms with E-state index in [4.69, 9.17) is 4.98 Å². The molecule has 0 radical (unpaired) electrons. The minimum absolute atomic E-state index is 0.508. The molecule has 152 valence electrons. The number of anilines is 2. The summed E-state index contributed by atoms with van der Waals surface area (Å²) in [6.07, 6.45) is 11.6. The first-order valence-electron chi connectivity index (χ1n) is 11.1. The predicted molar refractivity (Wildman–Crippen MR) is 116 cm³/mol. The number of benzene rings is 1. The van der Waals surface area contributed by atoms with Crippen molar-refractivity contribution >= 4 is 22.7 Å². The van der Waals surface area contributed by atoms with Crippen LogP contribution < -0.4 is 10.6 Å². The zero-order valence-electron chi connectivity index (χ0n) is 17.1. The van der Waals surface area contributed by atoms with Crippen LogP contribution in [0.4, 0.5) is 11.6 Å². The normalized spacial score (nSPS) is 23.1. The van der Waals surface area contributed by atoms with Gasteiger partial charge in [0.25, 0.3) is 0 Å². The Hall–Kier alpha value is -2.47. The zero-order chi connectivity index (χ0) is 19.6. The number of fused-ring (bicyclic) bond motifs is 3. The molecule has 0 aliphatic heterocycles. The summed E-state index contributed by atoms with van der Waals surface area (Å²) in [6.45, 7) is 4.19. The van der Waals surface area contributed by atoms with Gasteiger partial charge in [0.05, 0.1) is 17.6 Å². The fraction of sp³-hybridized carbons (Fsp3) is 0.522. The van der Waals surface area contributed by atoms with Crippen molar-refractivity contribution in [2.75, 3.05) is 11.9 Å². The van der Waals surface area contributed by atoms with Crippen LogP contribution >= 0.6 is 0 Å². The van der Waals surface area contributed by atoms with Crippen LogP contribution in [0.25, 0.3) is 11.0 Å². The van der Waals surface area contributed by atoms with Crippen LogP contribution in [0.3, 0.4) is 0 Å². The molecule has 1 aromatic carbocycles. The van der Waals surface area contributed by atoms with E-state index in [0.29, 0.717) is 12.0 Å². The highest BCUT2D eigenvalue weighted by Gasteiger charge is 2.41. The first-order valence-corrected chi connectivity index (χ1v) is 11.1. The van der Waals surface area contributed by atoms with Crippen LogP contribution in [-0.4, -0.2) is 26.3 Å². The summed E-state index contributed by atoms with van der Waals surface area (Å²) in [5, 5.41) is 12.5. The fourth-order valence-corrected chi connectivity index (χ4v) is 5.02. The first-order chi connectivity index (χ1) is 14.3. The lowest BCUT2D eigenvalue weighted by atomic mass is 9.95. The smallest absolute Gasteiger partial charge is 0.229 e. The van der Waals surface area contributed by atoms with E-state index in [2.05, 4.69) is 56.6 Å². The highest BCUT2D eigenvalue weighted by Crippen LogP contribution is 2.50. The molecule has 29 heavy (non-hydrogen) atoms. The van der Waals surface area contributed by atoms with E-state index < -0.39 is 0 Å². The lowest BCUT2D eigenvalue weighted by molar-refractivity contribution is 0.313. The maximum absolute atomic E-state index is 4.82. The Kier molecular flexibility index (Phi) is 5.19. The molecule has 2 aliphatic carbocycles. The Balaban J connectivity index is 1.29. The molecule has 2 N–H and O–H groups in total. The molecular formula is C23H30N6. The Morgan fingerprint density at radius 1 is 1.10 bits per heavy atom. The van der Waals surface area contributed by atoms with Crippen LogP contribution in [0.1, 0.15) is 57.1 Å². The molecule has 2 heterocycles. The van der Waals surface area contributed by atoms with Gasteiger partial charge in [-0.15, -0.1) is 0 Å². The van der Waals surface area contributed by atoms with Gasteiger partial charge in [-0.3, -0.25) is 0 Å². The van der Waals surface area contributed by atoms with Crippen molar-refractivity contribution in [3.05, 3.63) is 42.2 Å². The maximum atomic E-state index is 4.82. The van der Waals surface area contributed by atoms with E-state index in [0.717, 1.165) is 41.6 Å². The van der Waals surface area contributed by atoms with E-state index in [1.165, 1.54) is 44.1 Å². The van der Waals surface area contributed by atoms with Crippen molar-refractivity contribution in [1.82, 2.24) is 25.1 Å². The van der Waals surface area contributed by atoms with Gasteiger partial charge in [-0.2, -0.15) is 10.1 Å². The molecule has 2 bridgehead atoms. The van der Waals surface area contributed by atoms with E-state index in [1.54, 1.807) is 0 Å². The summed E-state index contributed by atoms with van der Waals surface area (Å²) in [5.41, 5.74) is 3.25. The Morgan fingerprint density at radius 2 is 2.00 bits per heavy atom. The number of rotatable bonds is 8. The second kappa shape index (κ2) is 8.11. The lowest BCUT2D eigenvalue weighted by Gasteiger charge is -2.22. The molecule has 3 atom stereocenters. The molecule has 2 saturated carbocycles. The standard InChI is InChI=1S/C23H30N6/c1-2-3-10-24-13-16-5-8-20(9-6-16)27-23-25-14-19-15-26-29(22(19)28-23)21-12-17-4-7-18(21)11-17/h5-6,8-9,14-15,17-18,21,24H,2-4,7,10-13H2,1H3,(H,25,27,28)/t17-,18+,21+/m1/s1. The minimum atomic E-state index is 0.508. The third-order valence-corrected chi connectivity index (χ3v) is 6.60. The monoisotopic (exact) mass is 390 g/mol. The van der Waals surface area contributed by atoms with E-state index in [1.807, 2.05) is 12.4 Å². The third-order valence-electron chi connectivity index (χ3n) is 6.60. The molecular weight excluding hydrogens is 360 g/mol. The van der Waals surface area contributed by atoms with Crippen LogP contribution in [-0.2, 0) is 6.54 Å². The van der Waals surface area contributed by atoms with Gasteiger partial charge in [0.1, 0.15) is 0 Å². The molecule has 3 aromatic rings. The number of aromatic nitrogens is 4. The molecule has 0 spiro atoms. The topological polar surface area (TPSA) is 67.7 Å². The van der Waals surface area contributed by atoms with Gasteiger partial charge in [0, 0.05) is 18.4 Å². The average molecular weight is 391 g/mol. The van der Waals surface area contributed by atoms with Crippen LogP contribution in [0.5, 0.6) is 0 Å². The molecule has 2 fully saturated rings. The van der Waals surface area contributed by atoms with E-state index in [-0.39, 0.29) is 0 Å². The summed E-state index contributed by atoms with van der Waals surface area (Å²) >= 11 is 0. The molecule has 0 unspecified atom stereocenters. The summed E-state index contributed by atoms with van der Waals surface area (Å²) in [6, 6.07) is 9.00. The number of nitrogens with one attached hydrogen (secondary N) is 2. The van der Waals surface area contributed by atoms with Crippen LogP contribution in [0, 0.1) is 11.8 Å². The van der Waals surface area contributed by atoms with Crippen LogP contribution in [0.2, 0.25) is 0 Å². The summed E-state index contributed by atoms with van der Waals surface area (Å²) < 4.78 is 2.16. The fourth-order valence-electron chi connectivity index (χ4n) is 5.02. The Bertz CT molecular complexity index is 963. The van der Waals surface area contributed by atoms with E-state index >= 15 is 0 Å². The highest BCUT2D eigenvalue weighted by atomic mass is 15.3. The molecule has 0 amide bonds. The van der Waals surface area contributed by atoms with Crippen molar-refractivity contribution < 1.29 is 0 Å². The average Bonchev–Trinajstić information content (AvgIpc) is 3.47. The minimum Gasteiger partial charge on any atom is -0.324 e. The molecule has 2 aliphatic rings. The second-order valence-corrected chi connectivity index (χ2v) is 8.66. The van der Waals surface area contributed by atoms with Gasteiger partial charge in [-0.05, 0) is 61.8 Å². The molecule has 2 aromatic heterocycles. The van der Waals surface area contributed by atoms with Gasteiger partial charge in [0.15, 0.2) is 5.65 Å². The summed E-state index contributed by atoms with van der Waals surface area (Å²) in [5.74, 6) is 2.29. The lowest BCUT2D eigenvalue weighted by Crippen LogP contribution is -2.17. The predicted octanol–water partition coefficient (Wildman–Crippen LogP) is 4.82. The van der Waals surface area contributed by atoms with Crippen LogP contribution in [0.15, 0.2) is 36.7 Å². The number of unbranched alkanes of at least 4 members (excludes halogenated alkanes) is 1. The van der Waals surface area contributed by atoms with Crippen molar-refractivity contribution in [3.63, 3.8) is 0 Å². The highest BCUT2D eigenvalue weighted by molar-refractivity contribution is 5.75. The Morgan fingerprint density at radius 3 is 2.76 bits per heavy atom. The molecule has 5 rings (SSSR count). The van der Waals surface area contributed by atoms with Crippen molar-refractivity contribution in [3.8, 4) is 0 Å². The summed E-state index contributed by atoms with van der Waals surface area (Å²) in [7, 11) is 0. The molecule has 6 nitrogen and oxygen atoms in total. The Labute approximate surface area is 172 Å². The third kappa shape index (κ3) is 3.86. The van der Waals surface area contributed by atoms with Gasteiger partial charge < -0.3 is 10.6 Å². The van der Waals surface area contributed by atoms with Crippen molar-refractivity contribution in [2.24, 2.45) is 11.8 Å². The SMILES string of the molecule is CCCCNCc1ccc(Nc2ncc3cnn([C@H]4C[C@@H]5CC[C@H]4C5)c3n2)cc1. The second-order valence-electron chi connectivity index (χ2n) is 8.66. The number of hydrogen-bond donors (Lipinski definition) is 2. The van der Waals surface area contributed by atoms with Gasteiger partial charge >= 0.3 is 0 Å². The van der Waals surface area contributed by atoms with E-state index in [9.17, 15) is 0 Å².